The van der Waals surface area contributed by atoms with Crippen molar-refractivity contribution < 1.29 is 50.7 Å². The minimum Gasteiger partial charge on any atom is -0.477 e. The molecule has 0 unspecified atom stereocenters. The van der Waals surface area contributed by atoms with Gasteiger partial charge in [0, 0.05) is 40.8 Å². The molecular formula is C3H3ClNdO2. The number of carboxylic acids is 1. The molecule has 0 amide bonds. The summed E-state index contributed by atoms with van der Waals surface area (Å²) in [4.78, 5) is 9.47. The zero-order valence-corrected chi connectivity index (χ0v) is 7.40. The Bertz CT molecular complexity index is 78.9. The Morgan fingerprint density at radius 2 is 1.86 bits per heavy atom. The van der Waals surface area contributed by atoms with Gasteiger partial charge in [-0.3, -0.25) is 0 Å². The van der Waals surface area contributed by atoms with Crippen molar-refractivity contribution in [3.8, 4) is 0 Å². The van der Waals surface area contributed by atoms with E-state index >= 15 is 0 Å². The average molecular weight is 251 g/mol. The van der Waals surface area contributed by atoms with Crippen molar-refractivity contribution in [2.75, 3.05) is 0 Å². The van der Waals surface area contributed by atoms with Crippen molar-refractivity contribution in [3.63, 3.8) is 0 Å². The summed E-state index contributed by atoms with van der Waals surface area (Å²) in [6, 6.07) is 0. The fourth-order valence-corrected chi connectivity index (χ4v) is 0. The summed E-state index contributed by atoms with van der Waals surface area (Å²) >= 11 is 4.82. The van der Waals surface area contributed by atoms with Crippen LogP contribution in [0.3, 0.4) is 0 Å². The monoisotopic (exact) mass is 248 g/mol. The normalized spacial score (nSPS) is 6.43. The number of hydrogen-bond acceptors (Lipinski definition) is 1. The second-order valence-electron chi connectivity index (χ2n) is 0.710. The molecule has 0 aliphatic carbocycles. The molecule has 0 rings (SSSR count). The summed E-state index contributed by atoms with van der Waals surface area (Å²) in [5.41, 5.74) is 0. The topological polar surface area (TPSA) is 37.3 Å². The van der Waals surface area contributed by atoms with E-state index < -0.39 is 5.97 Å². The van der Waals surface area contributed by atoms with Crippen LogP contribution in [0, 0.1) is 40.8 Å². The van der Waals surface area contributed by atoms with Crippen molar-refractivity contribution in [1.82, 2.24) is 0 Å². The molecule has 0 aromatic rings. The zero-order valence-electron chi connectivity index (χ0n) is 3.44. The standard InChI is InChI=1S/C3H3ClO2.Nd/c1-2(4)3(5)6;/h1H2,(H,5,6);. The maximum atomic E-state index is 9.47. The Balaban J connectivity index is 0. The van der Waals surface area contributed by atoms with Crippen molar-refractivity contribution in [3.05, 3.63) is 11.6 Å². The van der Waals surface area contributed by atoms with Gasteiger partial charge in [0.25, 0.3) is 0 Å². The number of hydrogen-bond donors (Lipinski definition) is 1. The molecule has 0 fully saturated rings. The Hall–Kier alpha value is 0.851. The first kappa shape index (κ1) is 10.8. The predicted molar refractivity (Wildman–Crippen MR) is 22.6 cm³/mol. The molecule has 0 spiro atoms. The van der Waals surface area contributed by atoms with Crippen molar-refractivity contribution in [2.24, 2.45) is 0 Å². The van der Waals surface area contributed by atoms with Crippen LogP contribution in [0.15, 0.2) is 11.6 Å². The van der Waals surface area contributed by atoms with Crippen LogP contribution in [0.1, 0.15) is 0 Å². The maximum absolute atomic E-state index is 9.47. The Labute approximate surface area is 79.1 Å². The molecule has 0 bridgehead atoms. The summed E-state index contributed by atoms with van der Waals surface area (Å²) < 4.78 is 0. The van der Waals surface area contributed by atoms with Crippen molar-refractivity contribution >= 4 is 17.6 Å². The maximum Gasteiger partial charge on any atom is 0.346 e. The molecule has 38 valence electrons. The van der Waals surface area contributed by atoms with Gasteiger partial charge in [0.05, 0.1) is 0 Å². The number of rotatable bonds is 1. The van der Waals surface area contributed by atoms with Gasteiger partial charge in [0.2, 0.25) is 0 Å². The van der Waals surface area contributed by atoms with Gasteiger partial charge in [-0.25, -0.2) is 4.79 Å². The first-order valence-electron chi connectivity index (χ1n) is 1.22. The van der Waals surface area contributed by atoms with Crippen LogP contribution >= 0.6 is 11.6 Å². The summed E-state index contributed by atoms with van der Waals surface area (Å²) in [6.45, 7) is 2.92. The van der Waals surface area contributed by atoms with Gasteiger partial charge in [0.1, 0.15) is 5.03 Å². The number of carbonyl (C=O) groups is 1. The smallest absolute Gasteiger partial charge is 0.346 e. The molecule has 2 nitrogen and oxygen atoms in total. The third kappa shape index (κ3) is 6.85. The van der Waals surface area contributed by atoms with Crippen LogP contribution < -0.4 is 0 Å². The second-order valence-corrected chi connectivity index (χ2v) is 1.17. The van der Waals surface area contributed by atoms with Gasteiger partial charge in [-0.2, -0.15) is 0 Å². The molecule has 0 saturated carbocycles. The van der Waals surface area contributed by atoms with E-state index in [4.69, 9.17) is 16.7 Å². The molecule has 0 aromatic carbocycles. The minimum absolute atomic E-state index is 0. The molecule has 0 atom stereocenters. The first-order chi connectivity index (χ1) is 2.64. The molecule has 0 aromatic heterocycles. The fraction of sp³-hybridized carbons (Fsp3) is 0. The minimum atomic E-state index is -1.17. The average Bonchev–Trinajstić information content (AvgIpc) is 1.36. The van der Waals surface area contributed by atoms with E-state index in [1.165, 1.54) is 0 Å². The quantitative estimate of drug-likeness (QED) is 0.700. The number of aliphatic carboxylic acids is 1. The summed E-state index contributed by atoms with van der Waals surface area (Å²) in [5, 5.41) is 7.41. The molecule has 0 saturated heterocycles. The molecule has 0 aliphatic rings. The summed E-state index contributed by atoms with van der Waals surface area (Å²) in [6.07, 6.45) is 0. The van der Waals surface area contributed by atoms with Gasteiger partial charge in [0.15, 0.2) is 0 Å². The van der Waals surface area contributed by atoms with Gasteiger partial charge in [-0.1, -0.05) is 18.2 Å². The molecule has 0 aliphatic heterocycles. The van der Waals surface area contributed by atoms with E-state index in [2.05, 4.69) is 6.58 Å². The van der Waals surface area contributed by atoms with E-state index in [0.717, 1.165) is 0 Å². The molecule has 7 heavy (non-hydrogen) atoms. The van der Waals surface area contributed by atoms with Gasteiger partial charge in [-0.05, 0) is 0 Å². The van der Waals surface area contributed by atoms with E-state index in [0.29, 0.717) is 0 Å². The molecule has 0 heterocycles. The fourth-order valence-electron chi connectivity index (χ4n) is 0. The van der Waals surface area contributed by atoms with E-state index in [1.54, 1.807) is 0 Å². The zero-order chi connectivity index (χ0) is 5.15. The second kappa shape index (κ2) is 5.00. The van der Waals surface area contributed by atoms with Crippen LogP contribution in [0.5, 0.6) is 0 Å². The third-order valence-corrected chi connectivity index (χ3v) is 0.394. The van der Waals surface area contributed by atoms with E-state index in [1.807, 2.05) is 0 Å². The SMILES string of the molecule is C=C(Cl)C(=O)O.[Nd]. The summed E-state index contributed by atoms with van der Waals surface area (Å²) in [7, 11) is 0. The molecule has 0 radical (unpaired) electrons. The summed E-state index contributed by atoms with van der Waals surface area (Å²) in [5.74, 6) is -1.17. The van der Waals surface area contributed by atoms with Gasteiger partial charge in [-0.15, -0.1) is 0 Å². The molecule has 4 heteroatoms. The van der Waals surface area contributed by atoms with E-state index in [-0.39, 0.29) is 45.9 Å². The van der Waals surface area contributed by atoms with Crippen molar-refractivity contribution in [1.29, 1.82) is 0 Å². The van der Waals surface area contributed by atoms with E-state index in [9.17, 15) is 4.79 Å². The Morgan fingerprint density at radius 3 is 1.86 bits per heavy atom. The van der Waals surface area contributed by atoms with Crippen molar-refractivity contribution in [2.45, 2.75) is 0 Å². The van der Waals surface area contributed by atoms with Gasteiger partial charge < -0.3 is 5.11 Å². The van der Waals surface area contributed by atoms with Crippen LogP contribution in [0.4, 0.5) is 0 Å². The Morgan fingerprint density at radius 1 is 1.71 bits per heavy atom. The van der Waals surface area contributed by atoms with Crippen LogP contribution in [0.25, 0.3) is 0 Å². The molecule has 1 N–H and O–H groups in total. The third-order valence-electron chi connectivity index (χ3n) is 0.232. The van der Waals surface area contributed by atoms with Crippen LogP contribution in [-0.4, -0.2) is 11.1 Å². The number of halogens is 1. The molecular weight excluding hydrogens is 248 g/mol. The number of carboxylic acid groups (broad SMARTS) is 1. The van der Waals surface area contributed by atoms with Crippen LogP contribution in [-0.2, 0) is 4.79 Å². The van der Waals surface area contributed by atoms with Crippen LogP contribution in [0.2, 0.25) is 0 Å². The van der Waals surface area contributed by atoms with Gasteiger partial charge >= 0.3 is 5.97 Å². The largest absolute Gasteiger partial charge is 0.477 e. The Kier molecular flexibility index (Phi) is 7.68. The predicted octanol–water partition coefficient (Wildman–Crippen LogP) is 0.823. The first-order valence-corrected chi connectivity index (χ1v) is 1.60.